The number of hydrogen-bond donors (Lipinski definition) is 9. The van der Waals surface area contributed by atoms with Gasteiger partial charge in [0, 0.05) is 0 Å². The third kappa shape index (κ3) is 5.01. The highest BCUT2D eigenvalue weighted by Gasteiger charge is 2.44. The van der Waals surface area contributed by atoms with Gasteiger partial charge in [-0.15, -0.1) is 0 Å². The summed E-state index contributed by atoms with van der Waals surface area (Å²) in [5, 5.41) is 84.4. The number of aliphatic hydroxyl groups is 9. The van der Waals surface area contributed by atoms with Crippen LogP contribution in [0.1, 0.15) is 0 Å². The summed E-state index contributed by atoms with van der Waals surface area (Å²) in [5.74, 6) is 0. The Hall–Kier alpha value is -0.440. The van der Waals surface area contributed by atoms with Crippen LogP contribution >= 0.6 is 0 Å². The summed E-state index contributed by atoms with van der Waals surface area (Å²) in [6.07, 6.45) is -14.7. The van der Waals surface area contributed by atoms with Gasteiger partial charge in [0.1, 0.15) is 48.8 Å². The summed E-state index contributed by atoms with van der Waals surface area (Å²) < 4.78 is 9.99. The maximum Gasteiger partial charge on any atom is 0.186 e. The van der Waals surface area contributed by atoms with Gasteiger partial charge >= 0.3 is 0 Å². The average molecular weight is 344 g/mol. The smallest absolute Gasteiger partial charge is 0.186 e. The predicted molar refractivity (Wildman–Crippen MR) is 70.8 cm³/mol. The Morgan fingerprint density at radius 1 is 0.826 bits per heavy atom. The molecule has 23 heavy (non-hydrogen) atoms. The number of rotatable bonds is 8. The van der Waals surface area contributed by atoms with Gasteiger partial charge in [-0.25, -0.2) is 0 Å². The zero-order chi connectivity index (χ0) is 17.7. The molecule has 11 heteroatoms. The van der Waals surface area contributed by atoms with E-state index >= 15 is 0 Å². The van der Waals surface area contributed by atoms with Crippen molar-refractivity contribution >= 4 is 0 Å². The fraction of sp³-hybridized carbons (Fsp3) is 1.00. The molecule has 138 valence electrons. The lowest BCUT2D eigenvalue weighted by Crippen LogP contribution is -2.59. The van der Waals surface area contributed by atoms with Gasteiger partial charge in [-0.1, -0.05) is 0 Å². The summed E-state index contributed by atoms with van der Waals surface area (Å²) in [6.45, 7) is -2.16. The van der Waals surface area contributed by atoms with Crippen LogP contribution in [0.25, 0.3) is 0 Å². The molecule has 1 saturated heterocycles. The van der Waals surface area contributed by atoms with Crippen molar-refractivity contribution in [2.24, 2.45) is 0 Å². The summed E-state index contributed by atoms with van der Waals surface area (Å²) in [6, 6.07) is 0. The highest BCUT2D eigenvalue weighted by Crippen LogP contribution is 2.22. The van der Waals surface area contributed by atoms with Crippen LogP contribution in [0.3, 0.4) is 0 Å². The van der Waals surface area contributed by atoms with E-state index in [0.29, 0.717) is 0 Å². The van der Waals surface area contributed by atoms with Gasteiger partial charge in [-0.2, -0.15) is 0 Å². The maximum atomic E-state index is 9.70. The normalized spacial score (nSPS) is 37.2. The fourth-order valence-electron chi connectivity index (χ4n) is 2.06. The molecule has 0 aliphatic carbocycles. The Morgan fingerprint density at radius 2 is 1.39 bits per heavy atom. The number of ether oxygens (including phenoxy) is 2. The molecule has 0 aromatic carbocycles. The SMILES string of the molecule is OC[C@H](O)[C@H](O)[C@@H](O)[C@H](O)CO[C@H]1O[C@H](CO)[C@@H](O)[C@H](O)[C@H]1O. The standard InChI is InChI=1S/C12H24O11/c13-1-4(15)7(17)8(18)5(16)3-22-12-11(21)10(20)9(19)6(2-14)23-12/h4-21H,1-3H2/t4-,5+,6+,7-,8-,9+,10-,11+,12-/m0/s1. The molecular weight excluding hydrogens is 320 g/mol. The van der Waals surface area contributed by atoms with Crippen molar-refractivity contribution in [1.29, 1.82) is 0 Å². The molecule has 0 radical (unpaired) electrons. The Bertz CT molecular complexity index is 341. The molecule has 1 heterocycles. The van der Waals surface area contributed by atoms with Crippen LogP contribution < -0.4 is 0 Å². The van der Waals surface area contributed by atoms with Crippen LogP contribution in [0.4, 0.5) is 0 Å². The lowest BCUT2D eigenvalue weighted by Gasteiger charge is -2.40. The third-order valence-electron chi connectivity index (χ3n) is 3.61. The second kappa shape index (κ2) is 9.15. The van der Waals surface area contributed by atoms with Crippen molar-refractivity contribution in [3.63, 3.8) is 0 Å². The average Bonchev–Trinajstić information content (AvgIpc) is 2.56. The second-order valence-corrected chi connectivity index (χ2v) is 5.33. The van der Waals surface area contributed by atoms with Gasteiger partial charge in [0.2, 0.25) is 0 Å². The Balaban J connectivity index is 2.55. The summed E-state index contributed by atoms with van der Waals surface area (Å²) in [5.41, 5.74) is 0. The van der Waals surface area contributed by atoms with Crippen LogP contribution in [0.5, 0.6) is 0 Å². The summed E-state index contributed by atoms with van der Waals surface area (Å²) in [4.78, 5) is 0. The van der Waals surface area contributed by atoms with Crippen LogP contribution in [-0.4, -0.2) is 121 Å². The summed E-state index contributed by atoms with van der Waals surface area (Å²) >= 11 is 0. The second-order valence-electron chi connectivity index (χ2n) is 5.33. The molecule has 0 unspecified atom stereocenters. The Morgan fingerprint density at radius 3 is 1.91 bits per heavy atom. The monoisotopic (exact) mass is 344 g/mol. The first-order chi connectivity index (χ1) is 10.7. The lowest BCUT2D eigenvalue weighted by atomic mass is 9.99. The summed E-state index contributed by atoms with van der Waals surface area (Å²) in [7, 11) is 0. The van der Waals surface area contributed by atoms with Crippen LogP contribution in [0.2, 0.25) is 0 Å². The van der Waals surface area contributed by atoms with E-state index in [0.717, 1.165) is 0 Å². The topological polar surface area (TPSA) is 201 Å². The van der Waals surface area contributed by atoms with Gasteiger partial charge in [-0.3, -0.25) is 0 Å². The first kappa shape index (κ1) is 20.6. The molecule has 1 aliphatic heterocycles. The van der Waals surface area contributed by atoms with Crippen molar-refractivity contribution in [3.05, 3.63) is 0 Å². The van der Waals surface area contributed by atoms with E-state index < -0.39 is 74.9 Å². The van der Waals surface area contributed by atoms with Crippen molar-refractivity contribution in [2.75, 3.05) is 19.8 Å². The van der Waals surface area contributed by atoms with E-state index in [4.69, 9.17) is 19.7 Å². The van der Waals surface area contributed by atoms with Crippen LogP contribution in [0, 0.1) is 0 Å². The molecule has 1 fully saturated rings. The quantitative estimate of drug-likeness (QED) is 0.203. The van der Waals surface area contributed by atoms with Crippen LogP contribution in [0.15, 0.2) is 0 Å². The van der Waals surface area contributed by atoms with E-state index in [9.17, 15) is 35.7 Å². The van der Waals surface area contributed by atoms with Gasteiger partial charge < -0.3 is 55.4 Å². The first-order valence-electron chi connectivity index (χ1n) is 6.99. The fourth-order valence-corrected chi connectivity index (χ4v) is 2.06. The minimum atomic E-state index is -1.86. The molecule has 0 spiro atoms. The zero-order valence-electron chi connectivity index (χ0n) is 12.2. The minimum absolute atomic E-state index is 0.655. The van der Waals surface area contributed by atoms with E-state index in [1.807, 2.05) is 0 Å². The molecule has 0 aromatic heterocycles. The molecule has 0 saturated carbocycles. The van der Waals surface area contributed by atoms with Crippen molar-refractivity contribution in [3.8, 4) is 0 Å². The van der Waals surface area contributed by atoms with Crippen molar-refractivity contribution < 1.29 is 55.4 Å². The number of hydrogen-bond acceptors (Lipinski definition) is 11. The molecule has 0 bridgehead atoms. The molecular formula is C12H24O11. The molecule has 9 atom stereocenters. The minimum Gasteiger partial charge on any atom is -0.394 e. The Kier molecular flexibility index (Phi) is 8.20. The van der Waals surface area contributed by atoms with Gasteiger partial charge in [0.25, 0.3) is 0 Å². The van der Waals surface area contributed by atoms with Crippen molar-refractivity contribution in [2.45, 2.75) is 55.1 Å². The van der Waals surface area contributed by atoms with Gasteiger partial charge in [0.15, 0.2) is 6.29 Å². The molecule has 1 rings (SSSR count). The predicted octanol–water partition coefficient (Wildman–Crippen LogP) is -5.76. The highest BCUT2D eigenvalue weighted by molar-refractivity contribution is 4.89. The lowest BCUT2D eigenvalue weighted by molar-refractivity contribution is -0.306. The molecule has 0 aromatic rings. The van der Waals surface area contributed by atoms with Gasteiger partial charge in [-0.05, 0) is 0 Å². The molecule has 1 aliphatic rings. The largest absolute Gasteiger partial charge is 0.394 e. The Labute approximate surface area is 131 Å². The van der Waals surface area contributed by atoms with Gasteiger partial charge in [0.05, 0.1) is 19.8 Å². The molecule has 0 amide bonds. The highest BCUT2D eigenvalue weighted by atomic mass is 16.7. The molecule has 9 N–H and O–H groups in total. The van der Waals surface area contributed by atoms with E-state index in [1.165, 1.54) is 0 Å². The van der Waals surface area contributed by atoms with E-state index in [2.05, 4.69) is 0 Å². The molecule has 11 nitrogen and oxygen atoms in total. The number of aliphatic hydroxyl groups excluding tert-OH is 9. The van der Waals surface area contributed by atoms with Crippen molar-refractivity contribution in [1.82, 2.24) is 0 Å². The van der Waals surface area contributed by atoms with E-state index in [-0.39, 0.29) is 0 Å². The first-order valence-corrected chi connectivity index (χ1v) is 6.99. The maximum absolute atomic E-state index is 9.70. The zero-order valence-corrected chi connectivity index (χ0v) is 12.2. The van der Waals surface area contributed by atoms with E-state index in [1.54, 1.807) is 0 Å². The van der Waals surface area contributed by atoms with Crippen LogP contribution in [-0.2, 0) is 9.47 Å². The third-order valence-corrected chi connectivity index (χ3v) is 3.61.